The second kappa shape index (κ2) is 6.15. The fraction of sp³-hybridized carbons (Fsp3) is 0.0625. The van der Waals surface area contributed by atoms with Gasteiger partial charge in [-0.05, 0) is 24.3 Å². The summed E-state index contributed by atoms with van der Waals surface area (Å²) in [5.41, 5.74) is -1.47. The van der Waals surface area contributed by atoms with Crippen molar-refractivity contribution in [3.05, 3.63) is 72.1 Å². The Morgan fingerprint density at radius 2 is 1.54 bits per heavy atom. The first-order valence-corrected chi connectivity index (χ1v) is 6.91. The molecule has 0 atom stereocenters. The minimum Gasteiger partial charge on any atom is -0.321 e. The van der Waals surface area contributed by atoms with Crippen molar-refractivity contribution in [2.75, 3.05) is 5.32 Å². The van der Waals surface area contributed by atoms with Crippen molar-refractivity contribution in [2.45, 2.75) is 6.18 Å². The molecule has 1 heterocycles. The predicted molar refractivity (Wildman–Crippen MR) is 80.8 cm³/mol. The lowest BCUT2D eigenvalue weighted by Gasteiger charge is -2.11. The van der Waals surface area contributed by atoms with Crippen LogP contribution in [-0.2, 0) is 6.18 Å². The molecule has 0 aliphatic heterocycles. The molecular formula is C16H11F3N4O. The number of rotatable bonds is 3. The van der Waals surface area contributed by atoms with E-state index in [1.807, 2.05) is 0 Å². The average Bonchev–Trinajstić information content (AvgIpc) is 3.02. The van der Waals surface area contributed by atoms with Crippen LogP contribution < -0.4 is 5.32 Å². The Morgan fingerprint density at radius 3 is 2.12 bits per heavy atom. The molecule has 5 nitrogen and oxygen atoms in total. The maximum absolute atomic E-state index is 13.4. The summed E-state index contributed by atoms with van der Waals surface area (Å²) in [4.78, 5) is 12.2. The van der Waals surface area contributed by atoms with Gasteiger partial charge >= 0.3 is 6.18 Å². The van der Waals surface area contributed by atoms with E-state index < -0.39 is 23.5 Å². The van der Waals surface area contributed by atoms with Gasteiger partial charge in [0.1, 0.15) is 0 Å². The lowest BCUT2D eigenvalue weighted by molar-refractivity contribution is -0.143. The molecule has 8 heteroatoms. The summed E-state index contributed by atoms with van der Waals surface area (Å²) in [6.07, 6.45) is -4.79. The van der Waals surface area contributed by atoms with Crippen molar-refractivity contribution in [1.29, 1.82) is 0 Å². The molecule has 0 aliphatic carbocycles. The molecule has 0 bridgehead atoms. The molecule has 0 radical (unpaired) electrons. The monoisotopic (exact) mass is 332 g/mol. The first kappa shape index (κ1) is 15.7. The van der Waals surface area contributed by atoms with E-state index in [0.29, 0.717) is 10.4 Å². The quantitative estimate of drug-likeness (QED) is 0.798. The van der Waals surface area contributed by atoms with Gasteiger partial charge in [0, 0.05) is 5.69 Å². The third kappa shape index (κ3) is 3.12. The van der Waals surface area contributed by atoms with Crippen molar-refractivity contribution >= 4 is 11.6 Å². The number of amides is 1. The first-order chi connectivity index (χ1) is 11.5. The van der Waals surface area contributed by atoms with E-state index in [0.717, 1.165) is 0 Å². The minimum atomic E-state index is -4.79. The van der Waals surface area contributed by atoms with Gasteiger partial charge < -0.3 is 5.32 Å². The van der Waals surface area contributed by atoms with E-state index in [-0.39, 0.29) is 5.69 Å². The van der Waals surface area contributed by atoms with Crippen LogP contribution in [0.3, 0.4) is 0 Å². The summed E-state index contributed by atoms with van der Waals surface area (Å²) in [7, 11) is 0. The van der Waals surface area contributed by atoms with E-state index in [4.69, 9.17) is 0 Å². The summed E-state index contributed by atoms with van der Waals surface area (Å²) >= 11 is 0. The second-order valence-electron chi connectivity index (χ2n) is 4.85. The number of carbonyl (C=O) groups excluding carboxylic acids is 1. The topological polar surface area (TPSA) is 59.8 Å². The Kier molecular flexibility index (Phi) is 4.03. The Morgan fingerprint density at radius 1 is 0.958 bits per heavy atom. The van der Waals surface area contributed by atoms with Crippen LogP contribution in [0.25, 0.3) is 5.69 Å². The number of alkyl halides is 3. The summed E-state index contributed by atoms with van der Waals surface area (Å²) in [6, 6.07) is 15.9. The van der Waals surface area contributed by atoms with Crippen LogP contribution in [0, 0.1) is 0 Å². The number of nitrogens with zero attached hydrogens (tertiary/aromatic N) is 3. The Labute approximate surface area is 134 Å². The average molecular weight is 332 g/mol. The van der Waals surface area contributed by atoms with Crippen LogP contribution in [0.15, 0.2) is 60.7 Å². The predicted octanol–water partition coefficient (Wildman–Crippen LogP) is 3.54. The number of anilines is 1. The number of aromatic nitrogens is 3. The number of halogens is 3. The molecule has 1 aromatic heterocycles. The van der Waals surface area contributed by atoms with Crippen molar-refractivity contribution in [1.82, 2.24) is 15.0 Å². The van der Waals surface area contributed by atoms with Gasteiger partial charge in [-0.3, -0.25) is 4.79 Å². The van der Waals surface area contributed by atoms with E-state index in [2.05, 4.69) is 15.6 Å². The number of nitrogens with one attached hydrogen (secondary N) is 1. The van der Waals surface area contributed by atoms with Gasteiger partial charge in [0.05, 0.1) is 5.69 Å². The molecule has 0 spiro atoms. The van der Waals surface area contributed by atoms with Gasteiger partial charge in [0.15, 0.2) is 11.4 Å². The van der Waals surface area contributed by atoms with Crippen molar-refractivity contribution in [3.63, 3.8) is 0 Å². The molecule has 0 saturated carbocycles. The van der Waals surface area contributed by atoms with Crippen LogP contribution in [0.2, 0.25) is 0 Å². The highest BCUT2D eigenvalue weighted by atomic mass is 19.4. The van der Waals surface area contributed by atoms with Crippen molar-refractivity contribution < 1.29 is 18.0 Å². The summed E-state index contributed by atoms with van der Waals surface area (Å²) in [5.74, 6) is -0.976. The van der Waals surface area contributed by atoms with Crippen LogP contribution in [-0.4, -0.2) is 20.9 Å². The van der Waals surface area contributed by atoms with E-state index >= 15 is 0 Å². The van der Waals surface area contributed by atoms with Crippen molar-refractivity contribution in [2.24, 2.45) is 0 Å². The van der Waals surface area contributed by atoms with Gasteiger partial charge in [-0.25, -0.2) is 4.68 Å². The normalized spacial score (nSPS) is 11.3. The summed E-state index contributed by atoms with van der Waals surface area (Å²) in [6.45, 7) is 0. The number of hydrogen-bond acceptors (Lipinski definition) is 3. The van der Waals surface area contributed by atoms with Crippen LogP contribution in [0.1, 0.15) is 16.2 Å². The smallest absolute Gasteiger partial charge is 0.321 e. The van der Waals surface area contributed by atoms with Crippen LogP contribution >= 0.6 is 0 Å². The van der Waals surface area contributed by atoms with Gasteiger partial charge in [-0.15, -0.1) is 5.10 Å². The highest BCUT2D eigenvalue weighted by Gasteiger charge is 2.42. The molecule has 0 saturated heterocycles. The van der Waals surface area contributed by atoms with Gasteiger partial charge in [0.25, 0.3) is 5.91 Å². The zero-order chi connectivity index (χ0) is 17.2. The van der Waals surface area contributed by atoms with E-state index in [9.17, 15) is 18.0 Å². The lowest BCUT2D eigenvalue weighted by Crippen LogP contribution is -2.21. The first-order valence-electron chi connectivity index (χ1n) is 6.91. The van der Waals surface area contributed by atoms with Gasteiger partial charge in [-0.2, -0.15) is 13.2 Å². The molecule has 0 unspecified atom stereocenters. The summed E-state index contributed by atoms with van der Waals surface area (Å²) < 4.78 is 40.9. The molecule has 0 aliphatic rings. The molecule has 24 heavy (non-hydrogen) atoms. The fourth-order valence-electron chi connectivity index (χ4n) is 2.15. The van der Waals surface area contributed by atoms with E-state index in [1.165, 1.54) is 12.1 Å². The maximum Gasteiger partial charge on any atom is 0.435 e. The zero-order valence-corrected chi connectivity index (χ0v) is 12.2. The molecule has 2 aromatic carbocycles. The minimum absolute atomic E-state index is 0.163. The van der Waals surface area contributed by atoms with Crippen molar-refractivity contribution in [3.8, 4) is 5.69 Å². The molecular weight excluding hydrogens is 321 g/mol. The number of hydrogen-bond donors (Lipinski definition) is 1. The highest BCUT2D eigenvalue weighted by Crippen LogP contribution is 2.33. The fourth-order valence-corrected chi connectivity index (χ4v) is 2.15. The largest absolute Gasteiger partial charge is 0.435 e. The van der Waals surface area contributed by atoms with Crippen LogP contribution in [0.4, 0.5) is 18.9 Å². The number of para-hydroxylation sites is 2. The molecule has 1 N–H and O–H groups in total. The Balaban J connectivity index is 2.03. The molecule has 122 valence electrons. The maximum atomic E-state index is 13.4. The SMILES string of the molecule is O=C(Nc1ccccc1)c1nnn(-c2ccccc2)c1C(F)(F)F. The summed E-state index contributed by atoms with van der Waals surface area (Å²) in [5, 5.41) is 9.32. The zero-order valence-electron chi connectivity index (χ0n) is 12.2. The van der Waals surface area contributed by atoms with E-state index in [1.54, 1.807) is 48.5 Å². The Hall–Kier alpha value is -3.16. The van der Waals surface area contributed by atoms with Gasteiger partial charge in [-0.1, -0.05) is 41.6 Å². The lowest BCUT2D eigenvalue weighted by atomic mass is 10.2. The third-order valence-electron chi connectivity index (χ3n) is 3.19. The highest BCUT2D eigenvalue weighted by molar-refractivity contribution is 6.03. The van der Waals surface area contributed by atoms with Gasteiger partial charge in [0.2, 0.25) is 0 Å². The number of benzene rings is 2. The third-order valence-corrected chi connectivity index (χ3v) is 3.19. The molecule has 1 amide bonds. The standard InChI is InChI=1S/C16H11F3N4O/c17-16(18,19)14-13(15(24)20-11-7-3-1-4-8-11)21-22-23(14)12-9-5-2-6-10-12/h1-10H,(H,20,24). The number of carbonyl (C=O) groups is 1. The molecule has 3 aromatic rings. The molecule has 3 rings (SSSR count). The second-order valence-corrected chi connectivity index (χ2v) is 4.85. The van der Waals surface area contributed by atoms with Crippen LogP contribution in [0.5, 0.6) is 0 Å². The molecule has 0 fully saturated rings. The Bertz CT molecular complexity index is 845.